The van der Waals surface area contributed by atoms with Gasteiger partial charge in [-0.2, -0.15) is 0 Å². The van der Waals surface area contributed by atoms with Crippen molar-refractivity contribution in [1.82, 2.24) is 15.0 Å². The molecule has 134 valence electrons. The van der Waals surface area contributed by atoms with Crippen LogP contribution >= 0.6 is 11.3 Å². The first-order chi connectivity index (χ1) is 12.4. The minimum Gasteiger partial charge on any atom is -0.447 e. The first-order valence-corrected chi connectivity index (χ1v) is 12.3. The highest BCUT2D eigenvalue weighted by molar-refractivity contribution is 7.16. The van der Waals surface area contributed by atoms with Gasteiger partial charge in [-0.05, 0) is 18.2 Å². The third-order valence-electron chi connectivity index (χ3n) is 3.30. The summed E-state index contributed by atoms with van der Waals surface area (Å²) in [5, 5.41) is 6.79. The Balaban J connectivity index is 1.59. The average Bonchev–Trinajstić information content (AvgIpc) is 3.22. The summed E-state index contributed by atoms with van der Waals surface area (Å²) in [6.45, 7) is 6.62. The molecule has 0 radical (unpaired) electrons. The highest BCUT2D eigenvalue weighted by Crippen LogP contribution is 2.20. The normalized spacial score (nSPS) is 11.7. The van der Waals surface area contributed by atoms with E-state index in [4.69, 9.17) is 4.42 Å². The van der Waals surface area contributed by atoms with Crippen molar-refractivity contribution < 1.29 is 9.21 Å². The van der Waals surface area contributed by atoms with E-state index in [1.54, 1.807) is 42.9 Å². The van der Waals surface area contributed by atoms with E-state index in [1.165, 1.54) is 11.3 Å². The maximum absolute atomic E-state index is 11.9. The topological polar surface area (TPSA) is 92.9 Å². The lowest BCUT2D eigenvalue weighted by Gasteiger charge is -2.09. The molecule has 26 heavy (non-hydrogen) atoms. The van der Waals surface area contributed by atoms with Gasteiger partial charge in [-0.1, -0.05) is 37.0 Å². The quantitative estimate of drug-likeness (QED) is 0.650. The van der Waals surface area contributed by atoms with Crippen LogP contribution in [0.4, 0.5) is 15.7 Å². The lowest BCUT2D eigenvalue weighted by molar-refractivity contribution is 0.262. The lowest BCUT2D eigenvalue weighted by atomic mass is 10.4. The van der Waals surface area contributed by atoms with Crippen LogP contribution in [0.25, 0.3) is 12.2 Å². The molecule has 0 aromatic carbocycles. The number of nitrogens with zero attached hydrogens (tertiary/aromatic N) is 3. The van der Waals surface area contributed by atoms with Gasteiger partial charge >= 0.3 is 6.03 Å². The van der Waals surface area contributed by atoms with Gasteiger partial charge in [0.1, 0.15) is 19.3 Å². The van der Waals surface area contributed by atoms with E-state index in [0.717, 1.165) is 10.3 Å². The van der Waals surface area contributed by atoms with Gasteiger partial charge in [0, 0.05) is 23.3 Å². The molecule has 0 fully saturated rings. The van der Waals surface area contributed by atoms with Gasteiger partial charge in [0.25, 0.3) is 0 Å². The molecule has 3 aromatic rings. The molecular weight excluding hydrogens is 366 g/mol. The number of carbonyl (C=O) groups is 1. The number of nitrogens with one attached hydrogen (secondary N) is 2. The van der Waals surface area contributed by atoms with E-state index < -0.39 is 8.07 Å². The summed E-state index contributed by atoms with van der Waals surface area (Å²) in [6.07, 6.45) is 8.75. The number of aromatic nitrogens is 3. The Hall–Kier alpha value is -2.78. The molecule has 0 atom stereocenters. The maximum Gasteiger partial charge on any atom is 0.326 e. The molecule has 0 unspecified atom stereocenters. The minimum absolute atomic E-state index is 0.388. The zero-order valence-electron chi connectivity index (χ0n) is 14.7. The van der Waals surface area contributed by atoms with Gasteiger partial charge in [-0.25, -0.2) is 19.7 Å². The van der Waals surface area contributed by atoms with E-state index >= 15 is 0 Å². The summed E-state index contributed by atoms with van der Waals surface area (Å²) < 4.78 is 5.77. The van der Waals surface area contributed by atoms with Crippen molar-refractivity contribution in [2.75, 3.05) is 10.6 Å². The number of thiazole rings is 1. The molecule has 0 saturated carbocycles. The number of carbonyl (C=O) groups excluding carboxylic acids is 1. The van der Waals surface area contributed by atoms with E-state index in [1.807, 2.05) is 6.08 Å². The highest BCUT2D eigenvalue weighted by Gasteiger charge is 2.21. The van der Waals surface area contributed by atoms with Gasteiger partial charge in [-0.3, -0.25) is 10.6 Å². The first-order valence-electron chi connectivity index (χ1n) is 7.99. The Morgan fingerprint density at radius 3 is 2.65 bits per heavy atom. The second-order valence-corrected chi connectivity index (χ2v) is 12.6. The lowest BCUT2D eigenvalue weighted by Crippen LogP contribution is -2.36. The standard InChI is InChI=1S/C17H19N5O2SSi/c1-26(2,3)15-11-19-14(24-15)8-7-12-10-20-17(25-12)22-16(23)21-13-6-4-5-9-18-13/h4-11H,1-3H3,(H2,18,20,21,22,23). The fourth-order valence-electron chi connectivity index (χ4n) is 1.97. The van der Waals surface area contributed by atoms with Gasteiger partial charge in [0.2, 0.25) is 5.89 Å². The van der Waals surface area contributed by atoms with Crippen molar-refractivity contribution in [3.8, 4) is 0 Å². The molecule has 3 rings (SSSR count). The van der Waals surface area contributed by atoms with Crippen LogP contribution in [0.15, 0.2) is 41.2 Å². The monoisotopic (exact) mass is 385 g/mol. The van der Waals surface area contributed by atoms with Gasteiger partial charge in [0.15, 0.2) is 5.13 Å². The van der Waals surface area contributed by atoms with Crippen LogP contribution in [0.2, 0.25) is 19.6 Å². The molecule has 2 amide bonds. The van der Waals surface area contributed by atoms with E-state index in [-0.39, 0.29) is 6.03 Å². The largest absolute Gasteiger partial charge is 0.447 e. The number of rotatable bonds is 5. The Morgan fingerprint density at radius 2 is 1.96 bits per heavy atom. The van der Waals surface area contributed by atoms with Crippen LogP contribution in [0.5, 0.6) is 0 Å². The van der Waals surface area contributed by atoms with Crippen molar-refractivity contribution >= 4 is 53.9 Å². The predicted octanol–water partition coefficient (Wildman–Crippen LogP) is 3.89. The predicted molar refractivity (Wildman–Crippen MR) is 107 cm³/mol. The van der Waals surface area contributed by atoms with E-state index in [2.05, 4.69) is 45.2 Å². The van der Waals surface area contributed by atoms with Crippen molar-refractivity contribution in [2.45, 2.75) is 19.6 Å². The van der Waals surface area contributed by atoms with Crippen LogP contribution in [0.3, 0.4) is 0 Å². The fourth-order valence-corrected chi connectivity index (χ4v) is 3.54. The van der Waals surface area contributed by atoms with Gasteiger partial charge in [0.05, 0.1) is 6.20 Å². The summed E-state index contributed by atoms with van der Waals surface area (Å²) in [7, 11) is -1.50. The van der Waals surface area contributed by atoms with Crippen molar-refractivity contribution in [3.05, 3.63) is 47.6 Å². The SMILES string of the molecule is C[Si](C)(C)c1cnc(C=Cc2cnc(NC(=O)Nc3ccccn3)s2)o1. The molecular formula is C17H19N5O2SSi. The fraction of sp³-hybridized carbons (Fsp3) is 0.176. The number of hydrogen-bond donors (Lipinski definition) is 2. The molecule has 0 aliphatic heterocycles. The first kappa shape index (κ1) is 18.0. The molecule has 7 nitrogen and oxygen atoms in total. The highest BCUT2D eigenvalue weighted by atomic mass is 32.1. The Bertz CT molecular complexity index is 915. The molecule has 0 aliphatic carbocycles. The molecule has 9 heteroatoms. The molecule has 0 aliphatic rings. The summed E-state index contributed by atoms with van der Waals surface area (Å²) in [4.78, 5) is 25.3. The molecule has 0 spiro atoms. The van der Waals surface area contributed by atoms with Crippen LogP contribution in [0, 0.1) is 0 Å². The Morgan fingerprint density at radius 1 is 1.12 bits per heavy atom. The van der Waals surface area contributed by atoms with Crippen molar-refractivity contribution in [1.29, 1.82) is 0 Å². The summed E-state index contributed by atoms with van der Waals surface area (Å²) in [6, 6.07) is 4.90. The number of amides is 2. The van der Waals surface area contributed by atoms with Gasteiger partial charge in [-0.15, -0.1) is 0 Å². The molecule has 0 saturated heterocycles. The molecule has 3 heterocycles. The minimum atomic E-state index is -1.50. The maximum atomic E-state index is 11.9. The average molecular weight is 386 g/mol. The molecule has 2 N–H and O–H groups in total. The summed E-state index contributed by atoms with van der Waals surface area (Å²) >= 11 is 1.35. The van der Waals surface area contributed by atoms with Crippen LogP contribution < -0.4 is 16.0 Å². The molecule has 0 bridgehead atoms. The van der Waals surface area contributed by atoms with Crippen LogP contribution in [-0.4, -0.2) is 29.1 Å². The zero-order valence-corrected chi connectivity index (χ0v) is 16.5. The number of urea groups is 1. The van der Waals surface area contributed by atoms with Gasteiger partial charge < -0.3 is 4.42 Å². The van der Waals surface area contributed by atoms with E-state index in [0.29, 0.717) is 16.8 Å². The van der Waals surface area contributed by atoms with Crippen molar-refractivity contribution in [3.63, 3.8) is 0 Å². The van der Waals surface area contributed by atoms with Crippen molar-refractivity contribution in [2.24, 2.45) is 0 Å². The Kier molecular flexibility index (Phi) is 5.28. The van der Waals surface area contributed by atoms with E-state index in [9.17, 15) is 4.79 Å². The Labute approximate surface area is 156 Å². The van der Waals surface area contributed by atoms with Crippen LogP contribution in [0.1, 0.15) is 10.8 Å². The number of pyridine rings is 1. The third kappa shape index (κ3) is 4.87. The second kappa shape index (κ2) is 7.62. The number of anilines is 2. The smallest absolute Gasteiger partial charge is 0.326 e. The zero-order chi connectivity index (χ0) is 18.6. The summed E-state index contributed by atoms with van der Waals surface area (Å²) in [5.41, 5.74) is 0. The third-order valence-corrected chi connectivity index (χ3v) is 5.89. The molecule has 3 aromatic heterocycles. The number of hydrogen-bond acceptors (Lipinski definition) is 6. The number of oxazole rings is 1. The van der Waals surface area contributed by atoms with Crippen LogP contribution in [-0.2, 0) is 0 Å². The summed E-state index contributed by atoms with van der Waals surface area (Å²) in [5.74, 6) is 1.04. The second-order valence-electron chi connectivity index (χ2n) is 6.51.